The van der Waals surface area contributed by atoms with Crippen LogP contribution in [0.5, 0.6) is 0 Å². The van der Waals surface area contributed by atoms with E-state index in [1.807, 2.05) is 13.0 Å². The van der Waals surface area contributed by atoms with Crippen molar-refractivity contribution in [3.05, 3.63) is 16.8 Å². The Kier molecular flexibility index (Phi) is 3.61. The second kappa shape index (κ2) is 4.97. The zero-order valence-corrected chi connectivity index (χ0v) is 10.0. The van der Waals surface area contributed by atoms with Gasteiger partial charge in [-0.2, -0.15) is 0 Å². The number of aryl methyl sites for hydroxylation is 1. The van der Waals surface area contributed by atoms with Crippen LogP contribution in [0.2, 0.25) is 5.15 Å². The molecule has 0 amide bonds. The lowest BCUT2D eigenvalue weighted by atomic mass is 9.92. The van der Waals surface area contributed by atoms with Crippen LogP contribution in [0.1, 0.15) is 31.2 Å². The van der Waals surface area contributed by atoms with Crippen molar-refractivity contribution in [1.82, 2.24) is 10.2 Å². The first-order chi connectivity index (χ1) is 7.66. The summed E-state index contributed by atoms with van der Waals surface area (Å²) in [5.74, 6) is 0.688. The highest BCUT2D eigenvalue weighted by atomic mass is 35.5. The first-order valence-electron chi connectivity index (χ1n) is 5.61. The predicted octanol–water partition coefficient (Wildman–Crippen LogP) is 2.15. The molecule has 0 unspecified atom stereocenters. The van der Waals surface area contributed by atoms with Crippen molar-refractivity contribution in [2.45, 2.75) is 44.8 Å². The number of hydrogen-bond acceptors (Lipinski definition) is 4. The highest BCUT2D eigenvalue weighted by Gasteiger charge is 2.23. The molecule has 4 nitrogen and oxygen atoms in total. The van der Waals surface area contributed by atoms with Gasteiger partial charge in [0.15, 0.2) is 5.15 Å². The second-order valence-corrected chi connectivity index (χ2v) is 4.66. The van der Waals surface area contributed by atoms with Crippen LogP contribution >= 0.6 is 11.6 Å². The number of aliphatic hydroxyl groups is 1. The van der Waals surface area contributed by atoms with Crippen molar-refractivity contribution in [2.75, 3.05) is 5.32 Å². The van der Waals surface area contributed by atoms with Gasteiger partial charge in [-0.25, -0.2) is 0 Å². The molecule has 88 valence electrons. The Hall–Kier alpha value is -0.870. The van der Waals surface area contributed by atoms with Crippen LogP contribution in [0.4, 0.5) is 5.82 Å². The second-order valence-electron chi connectivity index (χ2n) is 4.31. The van der Waals surface area contributed by atoms with Crippen LogP contribution in [0.3, 0.4) is 0 Å². The molecular formula is C11H16ClN3O. The average molecular weight is 242 g/mol. The molecule has 1 aliphatic carbocycles. The predicted molar refractivity (Wildman–Crippen MR) is 63.7 cm³/mol. The van der Waals surface area contributed by atoms with E-state index in [1.54, 1.807) is 0 Å². The van der Waals surface area contributed by atoms with Gasteiger partial charge in [0.05, 0.1) is 12.1 Å². The van der Waals surface area contributed by atoms with E-state index < -0.39 is 0 Å². The molecule has 0 bridgehead atoms. The Morgan fingerprint density at radius 3 is 2.81 bits per heavy atom. The summed E-state index contributed by atoms with van der Waals surface area (Å²) in [6.07, 6.45) is 3.80. The number of halogens is 1. The molecule has 2 atom stereocenters. The Labute approximate surface area is 100 Å². The Bertz CT molecular complexity index is 372. The molecule has 1 heterocycles. The molecule has 2 N–H and O–H groups in total. The van der Waals surface area contributed by atoms with Gasteiger partial charge in [-0.15, -0.1) is 10.2 Å². The smallest absolute Gasteiger partial charge is 0.154 e. The molecule has 0 aliphatic heterocycles. The van der Waals surface area contributed by atoms with Crippen molar-refractivity contribution in [3.63, 3.8) is 0 Å². The third-order valence-corrected chi connectivity index (χ3v) is 3.36. The van der Waals surface area contributed by atoms with Gasteiger partial charge in [-0.3, -0.25) is 0 Å². The number of anilines is 1. The van der Waals surface area contributed by atoms with E-state index in [9.17, 15) is 5.11 Å². The zero-order valence-electron chi connectivity index (χ0n) is 9.28. The molecule has 1 saturated carbocycles. The summed E-state index contributed by atoms with van der Waals surface area (Å²) in [6, 6.07) is 1.94. The maximum absolute atomic E-state index is 9.82. The molecule has 2 rings (SSSR count). The number of rotatable bonds is 2. The van der Waals surface area contributed by atoms with E-state index in [0.29, 0.717) is 11.0 Å². The van der Waals surface area contributed by atoms with Crippen molar-refractivity contribution < 1.29 is 5.11 Å². The average Bonchev–Trinajstić information content (AvgIpc) is 2.27. The van der Waals surface area contributed by atoms with Crippen molar-refractivity contribution in [2.24, 2.45) is 0 Å². The summed E-state index contributed by atoms with van der Waals surface area (Å²) in [5, 5.41) is 21.3. The normalized spacial score (nSPS) is 25.4. The molecule has 1 aliphatic rings. The van der Waals surface area contributed by atoms with Gasteiger partial charge in [0.2, 0.25) is 0 Å². The van der Waals surface area contributed by atoms with Crippen LogP contribution in [-0.2, 0) is 0 Å². The minimum atomic E-state index is -0.286. The first-order valence-corrected chi connectivity index (χ1v) is 5.99. The molecule has 0 radical (unpaired) electrons. The molecule has 5 heteroatoms. The number of nitrogens with zero attached hydrogens (tertiary/aromatic N) is 2. The number of hydrogen-bond donors (Lipinski definition) is 2. The van der Waals surface area contributed by atoms with Gasteiger partial charge in [0, 0.05) is 0 Å². The summed E-state index contributed by atoms with van der Waals surface area (Å²) in [6.45, 7) is 1.89. The lowest BCUT2D eigenvalue weighted by Crippen LogP contribution is -2.36. The Morgan fingerprint density at radius 1 is 1.38 bits per heavy atom. The number of nitrogens with one attached hydrogen (secondary N) is 1. The van der Waals surface area contributed by atoms with E-state index in [1.165, 1.54) is 0 Å². The first kappa shape index (κ1) is 11.6. The quantitative estimate of drug-likeness (QED) is 0.833. The maximum atomic E-state index is 9.82. The highest BCUT2D eigenvalue weighted by Crippen LogP contribution is 2.22. The summed E-state index contributed by atoms with van der Waals surface area (Å²) in [5.41, 5.74) is 0.893. The van der Waals surface area contributed by atoms with Gasteiger partial charge in [-0.05, 0) is 31.4 Å². The fraction of sp³-hybridized carbons (Fsp3) is 0.636. The lowest BCUT2D eigenvalue weighted by molar-refractivity contribution is 0.116. The van der Waals surface area contributed by atoms with Crippen LogP contribution in [-0.4, -0.2) is 27.4 Å². The van der Waals surface area contributed by atoms with E-state index >= 15 is 0 Å². The fourth-order valence-corrected chi connectivity index (χ4v) is 2.10. The highest BCUT2D eigenvalue weighted by molar-refractivity contribution is 6.30. The van der Waals surface area contributed by atoms with E-state index in [2.05, 4.69) is 15.5 Å². The minimum absolute atomic E-state index is 0.0867. The van der Waals surface area contributed by atoms with Crippen molar-refractivity contribution in [1.29, 1.82) is 0 Å². The maximum Gasteiger partial charge on any atom is 0.154 e. The molecule has 1 aromatic heterocycles. The number of aromatic nitrogens is 2. The summed E-state index contributed by atoms with van der Waals surface area (Å²) in [7, 11) is 0. The van der Waals surface area contributed by atoms with E-state index in [4.69, 9.17) is 11.6 Å². The van der Waals surface area contributed by atoms with Gasteiger partial charge in [-0.1, -0.05) is 24.4 Å². The zero-order chi connectivity index (χ0) is 11.5. The summed E-state index contributed by atoms with van der Waals surface area (Å²) < 4.78 is 0. The van der Waals surface area contributed by atoms with E-state index in [0.717, 1.165) is 31.2 Å². The molecule has 0 saturated heterocycles. The Morgan fingerprint density at radius 2 is 2.12 bits per heavy atom. The van der Waals surface area contributed by atoms with Crippen LogP contribution in [0, 0.1) is 6.92 Å². The standard InChI is InChI=1S/C11H16ClN3O/c1-7-6-10(14-15-11(7)12)13-8-4-2-3-5-9(8)16/h6,8-9,16H,2-5H2,1H3,(H,13,14)/t8-,9-/m1/s1. The number of aliphatic hydroxyl groups excluding tert-OH is 1. The monoisotopic (exact) mass is 241 g/mol. The summed E-state index contributed by atoms with van der Waals surface area (Å²) in [4.78, 5) is 0. The molecule has 0 aromatic carbocycles. The third kappa shape index (κ3) is 2.62. The molecule has 0 spiro atoms. The van der Waals surface area contributed by atoms with Crippen LogP contribution < -0.4 is 5.32 Å². The molecule has 1 aromatic rings. The van der Waals surface area contributed by atoms with Crippen LogP contribution in [0.25, 0.3) is 0 Å². The van der Waals surface area contributed by atoms with Crippen molar-refractivity contribution in [3.8, 4) is 0 Å². The topological polar surface area (TPSA) is 58.0 Å². The SMILES string of the molecule is Cc1cc(N[C@@H]2CCCC[C@H]2O)nnc1Cl. The van der Waals surface area contributed by atoms with Crippen molar-refractivity contribution >= 4 is 17.4 Å². The van der Waals surface area contributed by atoms with Gasteiger partial charge in [0.25, 0.3) is 0 Å². The Balaban J connectivity index is 2.05. The lowest BCUT2D eigenvalue weighted by Gasteiger charge is -2.28. The fourth-order valence-electron chi connectivity index (χ4n) is 2.01. The molecular weight excluding hydrogens is 226 g/mol. The van der Waals surface area contributed by atoms with E-state index in [-0.39, 0.29) is 12.1 Å². The van der Waals surface area contributed by atoms with Gasteiger partial charge >= 0.3 is 0 Å². The minimum Gasteiger partial charge on any atom is -0.391 e. The van der Waals surface area contributed by atoms with Crippen LogP contribution in [0.15, 0.2) is 6.07 Å². The molecule has 16 heavy (non-hydrogen) atoms. The third-order valence-electron chi connectivity index (χ3n) is 2.99. The summed E-state index contributed by atoms with van der Waals surface area (Å²) >= 11 is 5.80. The molecule has 1 fully saturated rings. The van der Waals surface area contributed by atoms with Gasteiger partial charge < -0.3 is 10.4 Å². The van der Waals surface area contributed by atoms with Gasteiger partial charge in [0.1, 0.15) is 5.82 Å². The largest absolute Gasteiger partial charge is 0.391 e.